The van der Waals surface area contributed by atoms with Crippen LogP contribution in [-0.2, 0) is 4.79 Å². The van der Waals surface area contributed by atoms with E-state index in [1.54, 1.807) is 24.5 Å². The summed E-state index contributed by atoms with van der Waals surface area (Å²) >= 11 is 0. The van der Waals surface area contributed by atoms with Gasteiger partial charge in [-0.05, 0) is 24.1 Å². The minimum atomic E-state index is -0.364. The van der Waals surface area contributed by atoms with Crippen LogP contribution in [0.3, 0.4) is 0 Å². The van der Waals surface area contributed by atoms with E-state index in [0.717, 1.165) is 5.56 Å². The second-order valence-corrected chi connectivity index (χ2v) is 4.46. The minimum Gasteiger partial charge on any atom is -0.264 e. The number of aromatic nitrogens is 1. The third kappa shape index (κ3) is 2.59. The Morgan fingerprint density at radius 2 is 2.11 bits per heavy atom. The molecule has 0 unspecified atom stereocenters. The van der Waals surface area contributed by atoms with Gasteiger partial charge in [0.25, 0.3) is 0 Å². The molecule has 0 aliphatic heterocycles. The monoisotopic (exact) mass is 256 g/mol. The molecule has 2 aromatic rings. The maximum Gasteiger partial charge on any atom is 0.240 e. The number of aliphatic imine (C=N–C) groups is 1. The van der Waals surface area contributed by atoms with E-state index in [4.69, 9.17) is 0 Å². The fraction of sp³-hybridized carbons (Fsp3) is 0.200. The van der Waals surface area contributed by atoms with E-state index in [0.29, 0.717) is 16.8 Å². The lowest BCUT2D eigenvalue weighted by Crippen LogP contribution is -1.96. The van der Waals surface area contributed by atoms with Gasteiger partial charge >= 0.3 is 0 Å². The fourth-order valence-corrected chi connectivity index (χ4v) is 2.05. The van der Waals surface area contributed by atoms with Gasteiger partial charge in [-0.15, -0.1) is 0 Å². The number of halogens is 1. The average Bonchev–Trinajstić information content (AvgIpc) is 2.40. The molecule has 0 spiro atoms. The number of hydrogen-bond donors (Lipinski definition) is 0. The first kappa shape index (κ1) is 13.1. The molecule has 0 fully saturated rings. The molecule has 0 saturated heterocycles. The van der Waals surface area contributed by atoms with Gasteiger partial charge in [-0.1, -0.05) is 19.9 Å². The van der Waals surface area contributed by atoms with E-state index in [1.807, 2.05) is 19.9 Å². The van der Waals surface area contributed by atoms with Crippen LogP contribution in [0.4, 0.5) is 10.1 Å². The van der Waals surface area contributed by atoms with Crippen molar-refractivity contribution >= 4 is 11.8 Å². The Morgan fingerprint density at radius 1 is 1.32 bits per heavy atom. The SMILES string of the molecule is CC(C)c1c(F)ccc(-c2cccnc2)c1N=C=O. The summed E-state index contributed by atoms with van der Waals surface area (Å²) in [5.41, 5.74) is 2.22. The van der Waals surface area contributed by atoms with Crippen LogP contribution in [0.2, 0.25) is 0 Å². The molecule has 0 bridgehead atoms. The quantitative estimate of drug-likeness (QED) is 0.615. The minimum absolute atomic E-state index is 0.0799. The van der Waals surface area contributed by atoms with E-state index in [1.165, 1.54) is 12.1 Å². The highest BCUT2D eigenvalue weighted by atomic mass is 19.1. The molecule has 0 atom stereocenters. The Bertz CT molecular complexity index is 632. The molecule has 1 aromatic carbocycles. The Balaban J connectivity index is 2.75. The number of hydrogen-bond acceptors (Lipinski definition) is 3. The van der Waals surface area contributed by atoms with Crippen LogP contribution in [-0.4, -0.2) is 11.1 Å². The number of benzene rings is 1. The van der Waals surface area contributed by atoms with Crippen molar-refractivity contribution in [1.29, 1.82) is 0 Å². The normalized spacial score (nSPS) is 10.3. The number of pyridine rings is 1. The lowest BCUT2D eigenvalue weighted by atomic mass is 9.94. The largest absolute Gasteiger partial charge is 0.264 e. The van der Waals surface area contributed by atoms with Crippen molar-refractivity contribution in [2.24, 2.45) is 4.99 Å². The van der Waals surface area contributed by atoms with Gasteiger partial charge in [-0.2, -0.15) is 4.99 Å². The summed E-state index contributed by atoms with van der Waals surface area (Å²) in [5, 5.41) is 0. The summed E-state index contributed by atoms with van der Waals surface area (Å²) in [6.45, 7) is 3.71. The predicted octanol–water partition coefficient (Wildman–Crippen LogP) is 3.98. The molecule has 0 N–H and O–H groups in total. The maximum atomic E-state index is 13.9. The van der Waals surface area contributed by atoms with Crippen LogP contribution in [0.15, 0.2) is 41.7 Å². The van der Waals surface area contributed by atoms with Gasteiger partial charge in [0.2, 0.25) is 6.08 Å². The van der Waals surface area contributed by atoms with Crippen molar-refractivity contribution in [3.63, 3.8) is 0 Å². The summed E-state index contributed by atoms with van der Waals surface area (Å²) < 4.78 is 13.9. The standard InChI is InChI=1S/C15H13FN2O/c1-10(2)14-13(16)6-5-12(15(14)18-9-19)11-4-3-7-17-8-11/h3-8,10H,1-2H3. The first-order chi connectivity index (χ1) is 9.15. The molecule has 0 aliphatic rings. The predicted molar refractivity (Wildman–Crippen MR) is 71.5 cm³/mol. The molecule has 1 heterocycles. The molecule has 4 heteroatoms. The lowest BCUT2D eigenvalue weighted by molar-refractivity contribution is 0.565. The highest BCUT2D eigenvalue weighted by Gasteiger charge is 2.17. The average molecular weight is 256 g/mol. The third-order valence-corrected chi connectivity index (χ3v) is 2.87. The van der Waals surface area contributed by atoms with Crippen molar-refractivity contribution < 1.29 is 9.18 Å². The van der Waals surface area contributed by atoms with Gasteiger partial charge in [-0.3, -0.25) is 4.98 Å². The number of carbonyl (C=O) groups excluding carboxylic acids is 1. The highest BCUT2D eigenvalue weighted by Crippen LogP contribution is 2.38. The zero-order valence-electron chi connectivity index (χ0n) is 10.7. The van der Waals surface area contributed by atoms with Crippen LogP contribution < -0.4 is 0 Å². The molecule has 0 saturated carbocycles. The first-order valence-corrected chi connectivity index (χ1v) is 5.95. The van der Waals surface area contributed by atoms with Gasteiger partial charge in [0.05, 0.1) is 5.69 Å². The smallest absolute Gasteiger partial charge is 0.240 e. The highest BCUT2D eigenvalue weighted by molar-refractivity contribution is 5.79. The van der Waals surface area contributed by atoms with Gasteiger partial charge < -0.3 is 0 Å². The zero-order chi connectivity index (χ0) is 13.8. The second-order valence-electron chi connectivity index (χ2n) is 4.46. The summed E-state index contributed by atoms with van der Waals surface area (Å²) in [4.78, 5) is 18.3. The molecule has 3 nitrogen and oxygen atoms in total. The van der Waals surface area contributed by atoms with Crippen LogP contribution in [0.25, 0.3) is 11.1 Å². The number of rotatable bonds is 3. The van der Waals surface area contributed by atoms with Crippen LogP contribution in [0, 0.1) is 5.82 Å². The van der Waals surface area contributed by atoms with Crippen molar-refractivity contribution in [1.82, 2.24) is 4.98 Å². The van der Waals surface area contributed by atoms with Crippen molar-refractivity contribution in [2.75, 3.05) is 0 Å². The van der Waals surface area contributed by atoms with Gasteiger partial charge in [0.1, 0.15) is 5.82 Å². The first-order valence-electron chi connectivity index (χ1n) is 5.95. The van der Waals surface area contributed by atoms with Gasteiger partial charge in [0, 0.05) is 29.1 Å². The van der Waals surface area contributed by atoms with Crippen molar-refractivity contribution in [3.05, 3.63) is 48.0 Å². The van der Waals surface area contributed by atoms with Crippen molar-refractivity contribution in [2.45, 2.75) is 19.8 Å². The lowest BCUT2D eigenvalue weighted by Gasteiger charge is -2.14. The third-order valence-electron chi connectivity index (χ3n) is 2.87. The van der Waals surface area contributed by atoms with Crippen molar-refractivity contribution in [3.8, 4) is 11.1 Å². The van der Waals surface area contributed by atoms with E-state index < -0.39 is 0 Å². The Labute approximate surface area is 110 Å². The molecule has 0 radical (unpaired) electrons. The number of nitrogens with zero attached hydrogens (tertiary/aromatic N) is 2. The van der Waals surface area contributed by atoms with E-state index in [2.05, 4.69) is 9.98 Å². The molecule has 2 rings (SSSR count). The second kappa shape index (κ2) is 5.55. The van der Waals surface area contributed by atoms with E-state index in [-0.39, 0.29) is 11.7 Å². The van der Waals surface area contributed by atoms with Crippen LogP contribution in [0.1, 0.15) is 25.3 Å². The summed E-state index contributed by atoms with van der Waals surface area (Å²) in [5.74, 6) is -0.444. The Morgan fingerprint density at radius 3 is 2.68 bits per heavy atom. The van der Waals surface area contributed by atoms with Crippen LogP contribution in [0.5, 0.6) is 0 Å². The molecular formula is C15H13FN2O. The van der Waals surface area contributed by atoms with E-state index in [9.17, 15) is 9.18 Å². The number of isocyanates is 1. The van der Waals surface area contributed by atoms with Crippen LogP contribution >= 0.6 is 0 Å². The summed E-state index contributed by atoms with van der Waals surface area (Å²) in [7, 11) is 0. The topological polar surface area (TPSA) is 42.3 Å². The van der Waals surface area contributed by atoms with Gasteiger partial charge in [0.15, 0.2) is 0 Å². The molecule has 96 valence electrons. The Kier molecular flexibility index (Phi) is 3.83. The van der Waals surface area contributed by atoms with E-state index >= 15 is 0 Å². The zero-order valence-corrected chi connectivity index (χ0v) is 10.7. The molecular weight excluding hydrogens is 243 g/mol. The molecule has 0 aliphatic carbocycles. The summed E-state index contributed by atoms with van der Waals surface area (Å²) in [6.07, 6.45) is 4.81. The Hall–Kier alpha value is -2.32. The molecule has 0 amide bonds. The molecule has 1 aromatic heterocycles. The molecule has 19 heavy (non-hydrogen) atoms. The van der Waals surface area contributed by atoms with Gasteiger partial charge in [-0.25, -0.2) is 9.18 Å². The maximum absolute atomic E-state index is 13.9. The fourth-order valence-electron chi connectivity index (χ4n) is 2.05. The summed E-state index contributed by atoms with van der Waals surface area (Å²) in [6, 6.07) is 6.62.